The fourth-order valence-corrected chi connectivity index (χ4v) is 1.74. The number of aliphatic hydroxyl groups excluding tert-OH is 1. The van der Waals surface area contributed by atoms with Gasteiger partial charge in [-0.15, -0.1) is 0 Å². The molecule has 76 valence electrons. The molecule has 0 aromatic rings. The molecule has 0 bridgehead atoms. The highest BCUT2D eigenvalue weighted by Crippen LogP contribution is 2.33. The molecule has 2 rings (SSSR count). The van der Waals surface area contributed by atoms with Crippen LogP contribution in [0.5, 0.6) is 0 Å². The molecule has 1 amide bonds. The van der Waals surface area contributed by atoms with Gasteiger partial charge in [0.15, 0.2) is 0 Å². The second kappa shape index (κ2) is 3.42. The minimum atomic E-state index is -0.519. The van der Waals surface area contributed by atoms with E-state index in [1.807, 2.05) is 0 Å². The normalized spacial score (nSPS) is 24.1. The lowest BCUT2D eigenvalue weighted by molar-refractivity contribution is -0.150. The number of carbonyl (C=O) groups excluding carboxylic acids is 2. The van der Waals surface area contributed by atoms with Gasteiger partial charge in [-0.3, -0.25) is 4.79 Å². The average Bonchev–Trinajstić information content (AvgIpc) is 2.51. The number of ether oxygens (including phenoxy) is 1. The first-order valence-electron chi connectivity index (χ1n) is 4.54. The summed E-state index contributed by atoms with van der Waals surface area (Å²) in [5.41, 5.74) is 0.333. The third-order valence-corrected chi connectivity index (χ3v) is 2.42. The van der Waals surface area contributed by atoms with Crippen LogP contribution in [0.4, 0.5) is 0 Å². The van der Waals surface area contributed by atoms with Crippen molar-refractivity contribution in [3.8, 4) is 0 Å². The Bertz CT molecular complexity index is 310. The maximum Gasteiger partial charge on any atom is 0.354 e. The summed E-state index contributed by atoms with van der Waals surface area (Å²) in [6.45, 7) is -0.223. The van der Waals surface area contributed by atoms with Gasteiger partial charge >= 0.3 is 5.97 Å². The quantitative estimate of drug-likeness (QED) is 0.485. The van der Waals surface area contributed by atoms with E-state index in [0.717, 1.165) is 6.42 Å². The molecular formula is C9H11NO4. The predicted molar refractivity (Wildman–Crippen MR) is 46.0 cm³/mol. The Morgan fingerprint density at radius 2 is 2.50 bits per heavy atom. The SMILES string of the molecule is O=C(OCCO)C1=CCC2CC(=O)N12. The lowest BCUT2D eigenvalue weighted by Crippen LogP contribution is -2.49. The number of hydrogen-bond acceptors (Lipinski definition) is 4. The number of rotatable bonds is 3. The summed E-state index contributed by atoms with van der Waals surface area (Å²) in [7, 11) is 0. The smallest absolute Gasteiger partial charge is 0.354 e. The molecule has 14 heavy (non-hydrogen) atoms. The van der Waals surface area contributed by atoms with Crippen LogP contribution in [-0.4, -0.2) is 41.1 Å². The van der Waals surface area contributed by atoms with Gasteiger partial charge in [-0.05, 0) is 6.42 Å². The maximum atomic E-state index is 11.3. The van der Waals surface area contributed by atoms with Crippen molar-refractivity contribution in [1.82, 2.24) is 4.90 Å². The Hall–Kier alpha value is -1.36. The summed E-state index contributed by atoms with van der Waals surface area (Å²) in [6, 6.07) is 0.166. The van der Waals surface area contributed by atoms with Crippen LogP contribution < -0.4 is 0 Å². The molecular weight excluding hydrogens is 186 g/mol. The Morgan fingerprint density at radius 3 is 3.14 bits per heavy atom. The van der Waals surface area contributed by atoms with Gasteiger partial charge in [0.05, 0.1) is 6.61 Å². The minimum Gasteiger partial charge on any atom is -0.459 e. The van der Waals surface area contributed by atoms with Crippen LogP contribution in [0.25, 0.3) is 0 Å². The number of nitrogens with zero attached hydrogens (tertiary/aromatic N) is 1. The van der Waals surface area contributed by atoms with Crippen molar-refractivity contribution in [2.75, 3.05) is 13.2 Å². The van der Waals surface area contributed by atoms with E-state index in [0.29, 0.717) is 12.1 Å². The topological polar surface area (TPSA) is 66.8 Å². The number of esters is 1. The molecule has 1 saturated heterocycles. The van der Waals surface area contributed by atoms with Gasteiger partial charge < -0.3 is 14.7 Å². The van der Waals surface area contributed by atoms with Crippen LogP contribution in [0, 0.1) is 0 Å². The van der Waals surface area contributed by atoms with Crippen LogP contribution in [0.2, 0.25) is 0 Å². The molecule has 2 aliphatic rings. The van der Waals surface area contributed by atoms with Crippen molar-refractivity contribution >= 4 is 11.9 Å². The number of aliphatic hydroxyl groups is 1. The Kier molecular flexibility index (Phi) is 2.25. The van der Waals surface area contributed by atoms with Crippen LogP contribution in [0.3, 0.4) is 0 Å². The van der Waals surface area contributed by atoms with Gasteiger partial charge in [0.25, 0.3) is 0 Å². The second-order valence-electron chi connectivity index (χ2n) is 3.31. The number of carbonyl (C=O) groups is 2. The van der Waals surface area contributed by atoms with Crippen molar-refractivity contribution in [2.24, 2.45) is 0 Å². The first-order chi connectivity index (χ1) is 6.74. The van der Waals surface area contributed by atoms with Gasteiger partial charge in [0.1, 0.15) is 12.3 Å². The zero-order valence-corrected chi connectivity index (χ0v) is 7.60. The lowest BCUT2D eigenvalue weighted by atomic mass is 10.0. The van der Waals surface area contributed by atoms with E-state index in [2.05, 4.69) is 0 Å². The first kappa shape index (κ1) is 9.21. The van der Waals surface area contributed by atoms with E-state index in [9.17, 15) is 9.59 Å². The standard InChI is InChI=1S/C9H11NO4/c11-3-4-14-9(13)7-2-1-6-5-8(12)10(6)7/h2,6,11H,1,3-5H2. The van der Waals surface area contributed by atoms with Crippen molar-refractivity contribution in [3.63, 3.8) is 0 Å². The summed E-state index contributed by atoms with van der Waals surface area (Å²) >= 11 is 0. The summed E-state index contributed by atoms with van der Waals surface area (Å²) < 4.78 is 4.72. The van der Waals surface area contributed by atoms with E-state index in [4.69, 9.17) is 9.84 Å². The second-order valence-corrected chi connectivity index (χ2v) is 3.31. The van der Waals surface area contributed by atoms with E-state index in [1.165, 1.54) is 4.90 Å². The fraction of sp³-hybridized carbons (Fsp3) is 0.556. The molecule has 5 heteroatoms. The highest BCUT2D eigenvalue weighted by atomic mass is 16.5. The van der Waals surface area contributed by atoms with Crippen LogP contribution in [-0.2, 0) is 14.3 Å². The highest BCUT2D eigenvalue weighted by Gasteiger charge is 2.44. The summed E-state index contributed by atoms with van der Waals surface area (Å²) in [4.78, 5) is 23.9. The van der Waals surface area contributed by atoms with Crippen molar-refractivity contribution < 1.29 is 19.4 Å². The van der Waals surface area contributed by atoms with E-state index < -0.39 is 5.97 Å². The molecule has 1 N–H and O–H groups in total. The fourth-order valence-electron chi connectivity index (χ4n) is 1.74. The van der Waals surface area contributed by atoms with Crippen molar-refractivity contribution in [1.29, 1.82) is 0 Å². The molecule has 2 heterocycles. The minimum absolute atomic E-state index is 0.0249. The zero-order valence-electron chi connectivity index (χ0n) is 7.60. The molecule has 0 radical (unpaired) electrons. The first-order valence-corrected chi connectivity index (χ1v) is 4.54. The van der Waals surface area contributed by atoms with Gasteiger partial charge in [-0.1, -0.05) is 6.08 Å². The Balaban J connectivity index is 1.98. The van der Waals surface area contributed by atoms with Gasteiger partial charge in [0.2, 0.25) is 5.91 Å². The molecule has 0 aromatic heterocycles. The van der Waals surface area contributed by atoms with Gasteiger partial charge in [-0.2, -0.15) is 0 Å². The summed E-state index contributed by atoms with van der Waals surface area (Å²) in [6.07, 6.45) is 2.97. The van der Waals surface area contributed by atoms with Gasteiger partial charge in [-0.25, -0.2) is 4.79 Å². The third kappa shape index (κ3) is 1.29. The summed E-state index contributed by atoms with van der Waals surface area (Å²) in [5.74, 6) is -0.547. The molecule has 1 atom stereocenters. The van der Waals surface area contributed by atoms with Gasteiger partial charge in [0, 0.05) is 12.5 Å². The summed E-state index contributed by atoms with van der Waals surface area (Å²) in [5, 5.41) is 8.46. The third-order valence-electron chi connectivity index (χ3n) is 2.42. The molecule has 5 nitrogen and oxygen atoms in total. The number of hydrogen-bond donors (Lipinski definition) is 1. The van der Waals surface area contributed by atoms with Crippen LogP contribution in [0.1, 0.15) is 12.8 Å². The molecule has 2 aliphatic heterocycles. The van der Waals surface area contributed by atoms with Crippen molar-refractivity contribution in [2.45, 2.75) is 18.9 Å². The molecule has 1 fully saturated rings. The maximum absolute atomic E-state index is 11.3. The molecule has 1 unspecified atom stereocenters. The monoisotopic (exact) mass is 197 g/mol. The lowest BCUT2D eigenvalue weighted by Gasteiger charge is -2.35. The van der Waals surface area contributed by atoms with Crippen LogP contribution >= 0.6 is 0 Å². The Morgan fingerprint density at radius 1 is 1.71 bits per heavy atom. The average molecular weight is 197 g/mol. The number of β-lactam (4-membered cyclic amide) rings is 1. The van der Waals surface area contributed by atoms with E-state index in [-0.39, 0.29) is 25.2 Å². The molecule has 0 spiro atoms. The highest BCUT2D eigenvalue weighted by molar-refractivity contribution is 5.98. The Labute approximate surface area is 80.9 Å². The number of amides is 1. The predicted octanol–water partition coefficient (Wildman–Crippen LogP) is -0.590. The van der Waals surface area contributed by atoms with Crippen molar-refractivity contribution in [3.05, 3.63) is 11.8 Å². The molecule has 0 aromatic carbocycles. The molecule has 0 aliphatic carbocycles. The van der Waals surface area contributed by atoms with Crippen LogP contribution in [0.15, 0.2) is 11.8 Å². The van der Waals surface area contributed by atoms with E-state index >= 15 is 0 Å². The molecule has 0 saturated carbocycles. The largest absolute Gasteiger partial charge is 0.459 e. The number of fused-ring (bicyclic) bond motifs is 1. The van der Waals surface area contributed by atoms with E-state index in [1.54, 1.807) is 6.08 Å². The zero-order chi connectivity index (χ0) is 10.1.